The van der Waals surface area contributed by atoms with Crippen LogP contribution in [-0.2, 0) is 4.79 Å². The average Bonchev–Trinajstić information content (AvgIpc) is 3.09. The van der Waals surface area contributed by atoms with Gasteiger partial charge in [-0.3, -0.25) is 10.1 Å². The van der Waals surface area contributed by atoms with E-state index < -0.39 is 0 Å². The summed E-state index contributed by atoms with van der Waals surface area (Å²) in [5.74, 6) is 0.261. The summed E-state index contributed by atoms with van der Waals surface area (Å²) in [5.41, 5.74) is 0. The predicted molar refractivity (Wildman–Crippen MR) is 81.7 cm³/mol. The van der Waals surface area contributed by atoms with E-state index >= 15 is 0 Å². The van der Waals surface area contributed by atoms with Crippen molar-refractivity contribution in [3.05, 3.63) is 22.4 Å². The number of amides is 1. The molecule has 0 radical (unpaired) electrons. The van der Waals surface area contributed by atoms with Crippen LogP contribution >= 0.6 is 11.3 Å². The van der Waals surface area contributed by atoms with Crippen molar-refractivity contribution in [3.8, 4) is 0 Å². The topological polar surface area (TPSA) is 35.6 Å². The van der Waals surface area contributed by atoms with Gasteiger partial charge in [0.15, 0.2) is 0 Å². The van der Waals surface area contributed by atoms with Crippen LogP contribution in [-0.4, -0.2) is 47.9 Å². The van der Waals surface area contributed by atoms with E-state index in [0.29, 0.717) is 12.6 Å². The van der Waals surface area contributed by atoms with Gasteiger partial charge in [-0.2, -0.15) is 0 Å². The highest BCUT2D eigenvalue weighted by atomic mass is 32.1. The normalized spacial score (nSPS) is 25.6. The van der Waals surface area contributed by atoms with Gasteiger partial charge >= 0.3 is 0 Å². The van der Waals surface area contributed by atoms with E-state index in [-0.39, 0.29) is 12.1 Å². The molecule has 1 unspecified atom stereocenters. The fraction of sp³-hybridized carbons (Fsp3) is 0.667. The van der Waals surface area contributed by atoms with Crippen LogP contribution in [0.25, 0.3) is 0 Å². The van der Waals surface area contributed by atoms with E-state index in [1.807, 2.05) is 0 Å². The minimum Gasteiger partial charge on any atom is -0.318 e. The van der Waals surface area contributed by atoms with Gasteiger partial charge in [-0.05, 0) is 37.3 Å². The first-order valence-corrected chi connectivity index (χ1v) is 8.48. The van der Waals surface area contributed by atoms with Crippen molar-refractivity contribution in [2.24, 2.45) is 0 Å². The lowest BCUT2D eigenvalue weighted by Crippen LogP contribution is -2.47. The maximum atomic E-state index is 12.2. The minimum atomic E-state index is 0.102. The molecule has 0 bridgehead atoms. The standard InChI is InChI=1S/C15H23N3OS/c1-2-7-17-8-5-12(6-9-17)18-14(19)11-16-15(18)13-4-3-10-20-13/h3-4,10,12,15-16H,2,5-9,11H2,1H3. The van der Waals surface area contributed by atoms with E-state index in [1.54, 1.807) is 11.3 Å². The quantitative estimate of drug-likeness (QED) is 0.923. The zero-order chi connectivity index (χ0) is 13.9. The van der Waals surface area contributed by atoms with Gasteiger partial charge in [0, 0.05) is 24.0 Å². The average molecular weight is 293 g/mol. The number of hydrogen-bond acceptors (Lipinski definition) is 4. The molecule has 1 amide bonds. The smallest absolute Gasteiger partial charge is 0.238 e. The summed E-state index contributed by atoms with van der Waals surface area (Å²) >= 11 is 1.73. The highest BCUT2D eigenvalue weighted by molar-refractivity contribution is 7.10. The fourth-order valence-corrected chi connectivity index (χ4v) is 4.15. The van der Waals surface area contributed by atoms with Gasteiger partial charge in [0.25, 0.3) is 0 Å². The van der Waals surface area contributed by atoms with Crippen LogP contribution in [0, 0.1) is 0 Å². The van der Waals surface area contributed by atoms with E-state index in [2.05, 4.69) is 39.6 Å². The van der Waals surface area contributed by atoms with E-state index in [0.717, 1.165) is 25.9 Å². The van der Waals surface area contributed by atoms with Crippen molar-refractivity contribution in [1.82, 2.24) is 15.1 Å². The lowest BCUT2D eigenvalue weighted by atomic mass is 10.0. The Balaban J connectivity index is 1.67. The third-order valence-corrected chi connectivity index (χ3v) is 5.24. The molecule has 1 aromatic rings. The molecule has 2 fully saturated rings. The molecule has 3 heterocycles. The van der Waals surface area contributed by atoms with Crippen LogP contribution in [0.3, 0.4) is 0 Å². The van der Waals surface area contributed by atoms with Crippen LogP contribution in [0.15, 0.2) is 17.5 Å². The van der Waals surface area contributed by atoms with Gasteiger partial charge < -0.3 is 9.80 Å². The van der Waals surface area contributed by atoms with Gasteiger partial charge in [0.2, 0.25) is 5.91 Å². The van der Waals surface area contributed by atoms with Crippen molar-refractivity contribution < 1.29 is 4.79 Å². The zero-order valence-electron chi connectivity index (χ0n) is 12.0. The second kappa shape index (κ2) is 6.24. The van der Waals surface area contributed by atoms with Gasteiger partial charge in [0.1, 0.15) is 6.17 Å². The first-order chi connectivity index (χ1) is 9.79. The van der Waals surface area contributed by atoms with Crippen molar-refractivity contribution in [1.29, 1.82) is 0 Å². The Kier molecular flexibility index (Phi) is 4.38. The molecule has 0 saturated carbocycles. The second-order valence-corrected chi connectivity index (χ2v) is 6.65. The lowest BCUT2D eigenvalue weighted by molar-refractivity contribution is -0.131. The molecule has 2 aliphatic rings. The number of carbonyl (C=O) groups excluding carboxylic acids is 1. The molecule has 0 aliphatic carbocycles. The predicted octanol–water partition coefficient (Wildman–Crippen LogP) is 2.05. The summed E-state index contributed by atoms with van der Waals surface area (Å²) in [6.07, 6.45) is 3.53. The summed E-state index contributed by atoms with van der Waals surface area (Å²) in [7, 11) is 0. The number of nitrogens with zero attached hydrogens (tertiary/aromatic N) is 2. The third-order valence-electron chi connectivity index (χ3n) is 4.32. The Labute approximate surface area is 124 Å². The number of piperidine rings is 1. The van der Waals surface area contributed by atoms with Crippen molar-refractivity contribution in [3.63, 3.8) is 0 Å². The van der Waals surface area contributed by atoms with Crippen molar-refractivity contribution >= 4 is 17.2 Å². The molecular weight excluding hydrogens is 270 g/mol. The number of rotatable bonds is 4. The first-order valence-electron chi connectivity index (χ1n) is 7.60. The van der Waals surface area contributed by atoms with Crippen molar-refractivity contribution in [2.75, 3.05) is 26.2 Å². The van der Waals surface area contributed by atoms with Gasteiger partial charge in [0.05, 0.1) is 6.54 Å². The molecular formula is C15H23N3OS. The van der Waals surface area contributed by atoms with Crippen molar-refractivity contribution in [2.45, 2.75) is 38.4 Å². The SMILES string of the molecule is CCCN1CCC(N2C(=O)CNC2c2cccs2)CC1. The Morgan fingerprint density at radius 3 is 2.85 bits per heavy atom. The molecule has 5 heteroatoms. The summed E-state index contributed by atoms with van der Waals surface area (Å²) in [4.78, 5) is 18.1. The molecule has 110 valence electrons. The summed E-state index contributed by atoms with van der Waals surface area (Å²) in [6, 6.07) is 4.59. The molecule has 0 aromatic carbocycles. The Morgan fingerprint density at radius 2 is 2.20 bits per heavy atom. The van der Waals surface area contributed by atoms with Crippen LogP contribution in [0.4, 0.5) is 0 Å². The molecule has 1 atom stereocenters. The highest BCUT2D eigenvalue weighted by Gasteiger charge is 2.38. The monoisotopic (exact) mass is 293 g/mol. The number of hydrogen-bond donors (Lipinski definition) is 1. The number of carbonyl (C=O) groups is 1. The van der Waals surface area contributed by atoms with Gasteiger partial charge in [-0.1, -0.05) is 13.0 Å². The van der Waals surface area contributed by atoms with Gasteiger partial charge in [-0.25, -0.2) is 0 Å². The number of thiophene rings is 1. The highest BCUT2D eigenvalue weighted by Crippen LogP contribution is 2.31. The first kappa shape index (κ1) is 14.0. The van der Waals surface area contributed by atoms with E-state index in [1.165, 1.54) is 17.8 Å². The third kappa shape index (κ3) is 2.75. The molecule has 2 saturated heterocycles. The number of likely N-dealkylation sites (tertiary alicyclic amines) is 1. The van der Waals surface area contributed by atoms with Crippen LogP contribution in [0.1, 0.15) is 37.2 Å². The van der Waals surface area contributed by atoms with Gasteiger partial charge in [-0.15, -0.1) is 11.3 Å². The molecule has 1 aromatic heterocycles. The molecule has 0 spiro atoms. The molecule has 1 N–H and O–H groups in total. The fourth-order valence-electron chi connectivity index (χ4n) is 3.35. The van der Waals surface area contributed by atoms with Crippen LogP contribution in [0.2, 0.25) is 0 Å². The summed E-state index contributed by atoms with van der Waals surface area (Å²) in [5, 5.41) is 5.45. The van der Waals surface area contributed by atoms with E-state index in [9.17, 15) is 4.79 Å². The second-order valence-electron chi connectivity index (χ2n) is 5.67. The lowest BCUT2D eigenvalue weighted by Gasteiger charge is -2.38. The van der Waals surface area contributed by atoms with E-state index in [4.69, 9.17) is 0 Å². The maximum absolute atomic E-state index is 12.2. The van der Waals surface area contributed by atoms with Crippen LogP contribution < -0.4 is 5.32 Å². The Morgan fingerprint density at radius 1 is 1.40 bits per heavy atom. The Hall–Kier alpha value is -0.910. The molecule has 3 rings (SSSR count). The molecule has 4 nitrogen and oxygen atoms in total. The summed E-state index contributed by atoms with van der Waals surface area (Å²) in [6.45, 7) is 6.15. The summed E-state index contributed by atoms with van der Waals surface area (Å²) < 4.78 is 0. The maximum Gasteiger partial charge on any atom is 0.238 e. The molecule has 20 heavy (non-hydrogen) atoms. The minimum absolute atomic E-state index is 0.102. The molecule has 2 aliphatic heterocycles. The van der Waals surface area contributed by atoms with Crippen LogP contribution in [0.5, 0.6) is 0 Å². The Bertz CT molecular complexity index is 440. The largest absolute Gasteiger partial charge is 0.318 e. The number of nitrogens with one attached hydrogen (secondary N) is 1. The zero-order valence-corrected chi connectivity index (χ0v) is 12.9.